The molecule has 0 bridgehead atoms. The van der Waals surface area contributed by atoms with Crippen molar-refractivity contribution in [1.82, 2.24) is 14.9 Å². The van der Waals surface area contributed by atoms with Crippen LogP contribution in [0, 0.1) is 17.0 Å². The highest BCUT2D eigenvalue weighted by Crippen LogP contribution is 2.28. The number of nitrogens with zero attached hydrogens (tertiary/aromatic N) is 3. The fourth-order valence-corrected chi connectivity index (χ4v) is 1.90. The van der Waals surface area contributed by atoms with Crippen molar-refractivity contribution >= 4 is 5.82 Å². The molecule has 0 radical (unpaired) electrons. The summed E-state index contributed by atoms with van der Waals surface area (Å²) < 4.78 is 7.31. The first-order valence-corrected chi connectivity index (χ1v) is 5.64. The standard InChI is InChI=1S/C10H16N4O3/c1-7-12-9(14(15)16)10(13(7)2)17-8-4-3-5-11-6-8/h8,11H,3-6H2,1-2H3. The lowest BCUT2D eigenvalue weighted by Crippen LogP contribution is -2.37. The van der Waals surface area contributed by atoms with Crippen LogP contribution < -0.4 is 10.1 Å². The lowest BCUT2D eigenvalue weighted by Gasteiger charge is -2.23. The van der Waals surface area contributed by atoms with E-state index in [1.54, 1.807) is 18.5 Å². The van der Waals surface area contributed by atoms with Crippen LogP contribution in [0.2, 0.25) is 0 Å². The summed E-state index contributed by atoms with van der Waals surface area (Å²) in [6, 6.07) is 0. The second kappa shape index (κ2) is 4.70. The molecule has 0 spiro atoms. The Balaban J connectivity index is 2.21. The molecule has 1 aliphatic heterocycles. The van der Waals surface area contributed by atoms with E-state index in [0.717, 1.165) is 25.9 Å². The summed E-state index contributed by atoms with van der Waals surface area (Å²) in [6.07, 6.45) is 1.92. The van der Waals surface area contributed by atoms with Crippen molar-refractivity contribution in [2.24, 2.45) is 7.05 Å². The van der Waals surface area contributed by atoms with Crippen molar-refractivity contribution < 1.29 is 9.66 Å². The molecule has 2 heterocycles. The molecule has 1 saturated heterocycles. The average Bonchev–Trinajstić information content (AvgIpc) is 2.59. The quantitative estimate of drug-likeness (QED) is 0.623. The van der Waals surface area contributed by atoms with Gasteiger partial charge in [0.1, 0.15) is 6.10 Å². The third-order valence-corrected chi connectivity index (χ3v) is 2.95. The monoisotopic (exact) mass is 240 g/mol. The SMILES string of the molecule is Cc1nc([N+](=O)[O-])c(OC2CCCNC2)n1C. The zero-order valence-corrected chi connectivity index (χ0v) is 9.97. The first-order chi connectivity index (χ1) is 8.09. The van der Waals surface area contributed by atoms with E-state index < -0.39 is 4.92 Å². The third kappa shape index (κ3) is 2.38. The average molecular weight is 240 g/mol. The largest absolute Gasteiger partial charge is 0.468 e. The number of nitrogens with one attached hydrogen (secondary N) is 1. The lowest BCUT2D eigenvalue weighted by molar-refractivity contribution is -0.390. The molecule has 1 atom stereocenters. The van der Waals surface area contributed by atoms with Gasteiger partial charge < -0.3 is 20.2 Å². The molecule has 7 heteroatoms. The van der Waals surface area contributed by atoms with Gasteiger partial charge in [0.05, 0.1) is 0 Å². The Morgan fingerprint density at radius 3 is 3.00 bits per heavy atom. The number of hydrogen-bond acceptors (Lipinski definition) is 5. The van der Waals surface area contributed by atoms with Crippen LogP contribution in [0.15, 0.2) is 0 Å². The Hall–Kier alpha value is -1.63. The molecular formula is C10H16N4O3. The van der Waals surface area contributed by atoms with Crippen molar-refractivity contribution in [2.75, 3.05) is 13.1 Å². The topological polar surface area (TPSA) is 82.2 Å². The Kier molecular flexibility index (Phi) is 3.28. The third-order valence-electron chi connectivity index (χ3n) is 2.95. The highest BCUT2D eigenvalue weighted by Gasteiger charge is 2.28. The van der Waals surface area contributed by atoms with Gasteiger partial charge in [0, 0.05) is 20.5 Å². The molecule has 17 heavy (non-hydrogen) atoms. The number of aryl methyl sites for hydroxylation is 1. The van der Waals surface area contributed by atoms with E-state index in [1.807, 2.05) is 0 Å². The second-order valence-corrected chi connectivity index (χ2v) is 4.19. The van der Waals surface area contributed by atoms with Crippen LogP contribution in [0.1, 0.15) is 18.7 Å². The first kappa shape index (κ1) is 11.8. The second-order valence-electron chi connectivity index (χ2n) is 4.19. The molecule has 1 aromatic heterocycles. The van der Waals surface area contributed by atoms with Crippen LogP contribution in [-0.2, 0) is 7.05 Å². The summed E-state index contributed by atoms with van der Waals surface area (Å²) >= 11 is 0. The summed E-state index contributed by atoms with van der Waals surface area (Å²) in [4.78, 5) is 14.3. The van der Waals surface area contributed by atoms with Crippen LogP contribution in [0.4, 0.5) is 5.82 Å². The smallest absolute Gasteiger partial charge is 0.426 e. The van der Waals surface area contributed by atoms with Crippen molar-refractivity contribution in [3.05, 3.63) is 15.9 Å². The van der Waals surface area contributed by atoms with Crippen LogP contribution in [0.25, 0.3) is 0 Å². The van der Waals surface area contributed by atoms with E-state index in [-0.39, 0.29) is 17.8 Å². The van der Waals surface area contributed by atoms with E-state index in [2.05, 4.69) is 10.3 Å². The maximum Gasteiger partial charge on any atom is 0.426 e. The van der Waals surface area contributed by atoms with Gasteiger partial charge in [0.25, 0.3) is 5.88 Å². The molecule has 94 valence electrons. The van der Waals surface area contributed by atoms with E-state index in [4.69, 9.17) is 4.74 Å². The summed E-state index contributed by atoms with van der Waals surface area (Å²) in [7, 11) is 1.72. The molecule has 0 aromatic carbocycles. The van der Waals surface area contributed by atoms with Gasteiger partial charge in [0.15, 0.2) is 0 Å². The summed E-state index contributed by atoms with van der Waals surface area (Å²) in [5.41, 5.74) is 0. The molecule has 1 unspecified atom stereocenters. The van der Waals surface area contributed by atoms with Crippen LogP contribution >= 0.6 is 0 Å². The van der Waals surface area contributed by atoms with Gasteiger partial charge in [-0.3, -0.25) is 4.57 Å². The number of rotatable bonds is 3. The summed E-state index contributed by atoms with van der Waals surface area (Å²) in [5.74, 6) is 0.632. The maximum atomic E-state index is 10.9. The lowest BCUT2D eigenvalue weighted by atomic mass is 10.1. The number of imidazole rings is 1. The fourth-order valence-electron chi connectivity index (χ4n) is 1.90. The van der Waals surface area contributed by atoms with Gasteiger partial charge in [0.2, 0.25) is 5.82 Å². The normalized spacial score (nSPS) is 20.2. The van der Waals surface area contributed by atoms with E-state index in [0.29, 0.717) is 5.82 Å². The van der Waals surface area contributed by atoms with Gasteiger partial charge >= 0.3 is 5.82 Å². The van der Waals surface area contributed by atoms with Gasteiger partial charge in [-0.25, -0.2) is 0 Å². The van der Waals surface area contributed by atoms with E-state index >= 15 is 0 Å². The Morgan fingerprint density at radius 1 is 1.65 bits per heavy atom. The van der Waals surface area contributed by atoms with Gasteiger partial charge in [-0.05, 0) is 29.3 Å². The molecule has 7 nitrogen and oxygen atoms in total. The van der Waals surface area contributed by atoms with Crippen molar-refractivity contribution in [3.8, 4) is 5.88 Å². The minimum absolute atomic E-state index is 0.0164. The highest BCUT2D eigenvalue weighted by molar-refractivity contribution is 5.36. The van der Waals surface area contributed by atoms with Crippen LogP contribution in [0.3, 0.4) is 0 Å². The van der Waals surface area contributed by atoms with Crippen LogP contribution in [-0.4, -0.2) is 33.7 Å². The molecule has 1 fully saturated rings. The number of piperidine rings is 1. The van der Waals surface area contributed by atoms with E-state index in [9.17, 15) is 10.1 Å². The Labute approximate surface area is 98.9 Å². The molecule has 1 aromatic rings. The molecule has 2 rings (SSSR count). The predicted molar refractivity (Wildman–Crippen MR) is 61.1 cm³/mol. The van der Waals surface area contributed by atoms with Gasteiger partial charge in [-0.15, -0.1) is 0 Å². The predicted octanol–water partition coefficient (Wildman–Crippen LogP) is 0.768. The molecule has 0 saturated carbocycles. The van der Waals surface area contributed by atoms with Gasteiger partial charge in [-0.1, -0.05) is 0 Å². The number of hydrogen-bond donors (Lipinski definition) is 1. The van der Waals surface area contributed by atoms with Crippen LogP contribution in [0.5, 0.6) is 5.88 Å². The summed E-state index contributed by atoms with van der Waals surface area (Å²) in [6.45, 7) is 3.42. The van der Waals surface area contributed by atoms with Crippen molar-refractivity contribution in [1.29, 1.82) is 0 Å². The van der Waals surface area contributed by atoms with Gasteiger partial charge in [-0.2, -0.15) is 0 Å². The van der Waals surface area contributed by atoms with Crippen molar-refractivity contribution in [3.63, 3.8) is 0 Å². The van der Waals surface area contributed by atoms with Crippen molar-refractivity contribution in [2.45, 2.75) is 25.9 Å². The zero-order chi connectivity index (χ0) is 12.4. The summed E-state index contributed by atoms with van der Waals surface area (Å²) in [5, 5.41) is 14.1. The number of ether oxygens (including phenoxy) is 1. The molecular weight excluding hydrogens is 224 g/mol. The highest BCUT2D eigenvalue weighted by atomic mass is 16.6. The molecule has 0 aliphatic carbocycles. The first-order valence-electron chi connectivity index (χ1n) is 5.64. The van der Waals surface area contributed by atoms with E-state index in [1.165, 1.54) is 0 Å². The minimum Gasteiger partial charge on any atom is -0.468 e. The molecule has 1 aliphatic rings. The maximum absolute atomic E-state index is 10.9. The molecule has 1 N–H and O–H groups in total. The fraction of sp³-hybridized carbons (Fsp3) is 0.700. The number of aromatic nitrogens is 2. The Bertz CT molecular complexity index is 423. The minimum atomic E-state index is -0.501. The Morgan fingerprint density at radius 2 is 2.41 bits per heavy atom. The zero-order valence-electron chi connectivity index (χ0n) is 9.97. The number of nitro groups is 1. The molecule has 0 amide bonds.